The van der Waals surface area contributed by atoms with Crippen LogP contribution in [-0.2, 0) is 0 Å². The van der Waals surface area contributed by atoms with Crippen LogP contribution >= 0.6 is 11.6 Å². The van der Waals surface area contributed by atoms with E-state index >= 15 is 0 Å². The monoisotopic (exact) mass is 308 g/mol. The average Bonchev–Trinajstić information content (AvgIpc) is 2.51. The summed E-state index contributed by atoms with van der Waals surface area (Å²) in [5, 5.41) is 0.110. The van der Waals surface area contributed by atoms with Gasteiger partial charge in [0.15, 0.2) is 0 Å². The third kappa shape index (κ3) is 3.46. The van der Waals surface area contributed by atoms with E-state index in [1.807, 2.05) is 36.2 Å². The maximum atomic E-state index is 13.6. The van der Waals surface area contributed by atoms with Gasteiger partial charge in [-0.05, 0) is 29.8 Å². The maximum Gasteiger partial charge on any atom is 0.142 e. The van der Waals surface area contributed by atoms with Crippen LogP contribution in [0, 0.1) is 5.82 Å². The average molecular weight is 309 g/mol. The number of likely N-dealkylation sites (N-methyl/N-ethyl adjacent to an activating group) is 1. The molecular weight excluding hydrogens is 291 g/mol. The van der Waals surface area contributed by atoms with E-state index in [-0.39, 0.29) is 11.1 Å². The van der Waals surface area contributed by atoms with Crippen LogP contribution in [0.3, 0.4) is 0 Å². The van der Waals surface area contributed by atoms with Gasteiger partial charge in [-0.3, -0.25) is 0 Å². The molecule has 0 heterocycles. The quantitative estimate of drug-likeness (QED) is 0.917. The van der Waals surface area contributed by atoms with Crippen molar-refractivity contribution in [3.8, 4) is 5.75 Å². The lowest BCUT2D eigenvalue weighted by Gasteiger charge is -2.30. The molecule has 2 aromatic carbocycles. The topological polar surface area (TPSA) is 38.5 Å². The van der Waals surface area contributed by atoms with Gasteiger partial charge in [0.25, 0.3) is 0 Å². The van der Waals surface area contributed by atoms with Crippen molar-refractivity contribution < 1.29 is 9.13 Å². The van der Waals surface area contributed by atoms with Crippen LogP contribution in [0.5, 0.6) is 5.75 Å². The second-order valence-corrected chi connectivity index (χ2v) is 5.14. The summed E-state index contributed by atoms with van der Waals surface area (Å²) in [6.45, 7) is 0.356. The van der Waals surface area contributed by atoms with Crippen molar-refractivity contribution in [3.63, 3.8) is 0 Å². The Morgan fingerprint density at radius 3 is 2.67 bits per heavy atom. The molecule has 0 saturated carbocycles. The van der Waals surface area contributed by atoms with E-state index in [4.69, 9.17) is 22.1 Å². The molecule has 0 aromatic heterocycles. The van der Waals surface area contributed by atoms with E-state index in [0.717, 1.165) is 17.0 Å². The van der Waals surface area contributed by atoms with Crippen molar-refractivity contribution in [1.82, 2.24) is 0 Å². The van der Waals surface area contributed by atoms with Crippen LogP contribution in [0.2, 0.25) is 5.02 Å². The Hall–Kier alpha value is -1.78. The van der Waals surface area contributed by atoms with Gasteiger partial charge < -0.3 is 15.4 Å². The molecule has 2 N–H and O–H groups in total. The van der Waals surface area contributed by atoms with Crippen LogP contribution in [0.4, 0.5) is 10.1 Å². The van der Waals surface area contributed by atoms with Crippen molar-refractivity contribution in [2.45, 2.75) is 6.04 Å². The molecule has 1 unspecified atom stereocenters. The Morgan fingerprint density at radius 2 is 2.05 bits per heavy atom. The molecule has 112 valence electrons. The van der Waals surface area contributed by atoms with Gasteiger partial charge >= 0.3 is 0 Å². The summed E-state index contributed by atoms with van der Waals surface area (Å²) in [6, 6.07) is 12.3. The Morgan fingerprint density at radius 1 is 1.29 bits per heavy atom. The minimum Gasteiger partial charge on any atom is -0.497 e. The smallest absolute Gasteiger partial charge is 0.142 e. The van der Waals surface area contributed by atoms with E-state index in [9.17, 15) is 4.39 Å². The molecule has 1 atom stereocenters. The van der Waals surface area contributed by atoms with Crippen LogP contribution < -0.4 is 15.4 Å². The first-order chi connectivity index (χ1) is 10.1. The van der Waals surface area contributed by atoms with Crippen molar-refractivity contribution in [3.05, 3.63) is 58.9 Å². The molecule has 0 spiro atoms. The first-order valence-electron chi connectivity index (χ1n) is 6.58. The van der Waals surface area contributed by atoms with Gasteiger partial charge in [-0.15, -0.1) is 0 Å². The first kappa shape index (κ1) is 15.6. The molecule has 2 rings (SSSR count). The molecule has 0 aliphatic rings. The highest BCUT2D eigenvalue weighted by atomic mass is 35.5. The Balaban J connectivity index is 2.32. The summed E-state index contributed by atoms with van der Waals surface area (Å²) in [7, 11) is 3.53. The highest BCUT2D eigenvalue weighted by Gasteiger charge is 2.17. The maximum absolute atomic E-state index is 13.6. The number of halogens is 2. The Labute approximate surface area is 129 Å². The largest absolute Gasteiger partial charge is 0.497 e. The van der Waals surface area contributed by atoms with Crippen LogP contribution in [0.1, 0.15) is 11.6 Å². The Bertz CT molecular complexity index is 621. The fourth-order valence-electron chi connectivity index (χ4n) is 2.25. The van der Waals surface area contributed by atoms with Crippen molar-refractivity contribution in [2.24, 2.45) is 5.73 Å². The van der Waals surface area contributed by atoms with Crippen LogP contribution in [0.25, 0.3) is 0 Å². The Kier molecular flexibility index (Phi) is 5.04. The third-order valence-electron chi connectivity index (χ3n) is 3.48. The van der Waals surface area contributed by atoms with Crippen LogP contribution in [-0.4, -0.2) is 20.7 Å². The second-order valence-electron chi connectivity index (χ2n) is 4.74. The molecule has 0 aliphatic carbocycles. The lowest BCUT2D eigenvalue weighted by molar-refractivity contribution is 0.414. The second kappa shape index (κ2) is 6.78. The number of benzene rings is 2. The number of methoxy groups -OCH3 is 1. The van der Waals surface area contributed by atoms with E-state index in [1.165, 1.54) is 6.07 Å². The summed E-state index contributed by atoms with van der Waals surface area (Å²) in [6.07, 6.45) is 0. The van der Waals surface area contributed by atoms with Gasteiger partial charge in [0.05, 0.1) is 18.2 Å². The fraction of sp³-hybridized carbons (Fsp3) is 0.250. The van der Waals surface area contributed by atoms with E-state index in [2.05, 4.69) is 0 Å². The highest BCUT2D eigenvalue weighted by molar-refractivity contribution is 6.30. The van der Waals surface area contributed by atoms with E-state index in [0.29, 0.717) is 6.54 Å². The van der Waals surface area contributed by atoms with Gasteiger partial charge in [-0.1, -0.05) is 23.7 Å². The minimum atomic E-state index is -0.438. The normalized spacial score (nSPS) is 12.0. The molecule has 3 nitrogen and oxygen atoms in total. The highest BCUT2D eigenvalue weighted by Crippen LogP contribution is 2.29. The standard InChI is InChI=1S/C16H18ClFN2O/c1-20(12-4-3-5-13(9-12)21-2)16(10-19)11-6-7-14(17)15(18)8-11/h3-9,16H,10,19H2,1-2H3. The first-order valence-corrected chi connectivity index (χ1v) is 6.96. The van der Waals surface area contributed by atoms with E-state index < -0.39 is 5.82 Å². The SMILES string of the molecule is COc1cccc(N(C)C(CN)c2ccc(Cl)c(F)c2)c1. The predicted molar refractivity (Wildman–Crippen MR) is 84.6 cm³/mol. The van der Waals surface area contributed by atoms with Gasteiger partial charge in [-0.2, -0.15) is 0 Å². The molecule has 21 heavy (non-hydrogen) atoms. The number of ether oxygens (including phenoxy) is 1. The zero-order chi connectivity index (χ0) is 15.4. The summed E-state index contributed by atoms with van der Waals surface area (Å²) < 4.78 is 18.9. The zero-order valence-electron chi connectivity index (χ0n) is 12.0. The predicted octanol–water partition coefficient (Wildman–Crippen LogP) is 3.62. The number of anilines is 1. The molecule has 0 fully saturated rings. The van der Waals surface area contributed by atoms with Gasteiger partial charge in [0.2, 0.25) is 0 Å². The lowest BCUT2D eigenvalue weighted by atomic mass is 10.0. The van der Waals surface area contributed by atoms with E-state index in [1.54, 1.807) is 19.2 Å². The summed E-state index contributed by atoms with van der Waals surface area (Å²) in [5.41, 5.74) is 7.60. The number of nitrogens with zero attached hydrogens (tertiary/aromatic N) is 1. The van der Waals surface area contributed by atoms with Gasteiger partial charge in [0.1, 0.15) is 11.6 Å². The van der Waals surface area contributed by atoms with Crippen molar-refractivity contribution >= 4 is 17.3 Å². The molecule has 0 saturated heterocycles. The van der Waals surface area contributed by atoms with Gasteiger partial charge in [0, 0.05) is 25.3 Å². The molecule has 0 bridgehead atoms. The van der Waals surface area contributed by atoms with Crippen molar-refractivity contribution in [2.75, 3.05) is 25.6 Å². The number of hydrogen-bond acceptors (Lipinski definition) is 3. The zero-order valence-corrected chi connectivity index (χ0v) is 12.8. The molecule has 5 heteroatoms. The third-order valence-corrected chi connectivity index (χ3v) is 3.79. The number of rotatable bonds is 5. The number of hydrogen-bond donors (Lipinski definition) is 1. The van der Waals surface area contributed by atoms with Crippen molar-refractivity contribution in [1.29, 1.82) is 0 Å². The fourth-order valence-corrected chi connectivity index (χ4v) is 2.36. The minimum absolute atomic E-state index is 0.110. The van der Waals surface area contributed by atoms with Crippen LogP contribution in [0.15, 0.2) is 42.5 Å². The summed E-state index contributed by atoms with van der Waals surface area (Å²) in [5.74, 6) is 0.323. The molecule has 0 aliphatic heterocycles. The summed E-state index contributed by atoms with van der Waals surface area (Å²) in [4.78, 5) is 1.99. The molecule has 2 aromatic rings. The number of nitrogens with two attached hydrogens (primary N) is 1. The van der Waals surface area contributed by atoms with Gasteiger partial charge in [-0.25, -0.2) is 4.39 Å². The summed E-state index contributed by atoms with van der Waals surface area (Å²) >= 11 is 5.73. The molecule has 0 amide bonds. The molecular formula is C16H18ClFN2O. The lowest BCUT2D eigenvalue weighted by Crippen LogP contribution is -2.30. The molecule has 0 radical (unpaired) electrons.